The number of fused-ring (bicyclic) bond motifs is 2. The highest BCUT2D eigenvalue weighted by molar-refractivity contribution is 7.47. The van der Waals surface area contributed by atoms with Crippen molar-refractivity contribution in [2.24, 2.45) is 0 Å². The first-order chi connectivity index (χ1) is 44.1. The molecule has 0 saturated carbocycles. The highest BCUT2D eigenvalue weighted by Gasteiger charge is 2.43. The molecule has 3 atom stereocenters. The SMILES string of the molecule is CCCCCCCCCCCCCCCCCC(=O)OC[C@H](COP(=O)(O)OCCNC(=O)CCCCCN1c2ccccc2C(C)(C)C1/C=C/C1=CC(=C/C=C2/N(C)c3ccccc3C2(C)C)/CCC1)OC(=O)CCCCCCCCCCCCCCCCC. The van der Waals surface area contributed by atoms with E-state index in [9.17, 15) is 23.8 Å². The molecule has 5 rings (SSSR count). The van der Waals surface area contributed by atoms with Gasteiger partial charge < -0.3 is 29.5 Å². The van der Waals surface area contributed by atoms with Crippen molar-refractivity contribution in [3.63, 3.8) is 0 Å². The van der Waals surface area contributed by atoms with Gasteiger partial charge in [0.1, 0.15) is 6.61 Å². The van der Waals surface area contributed by atoms with Gasteiger partial charge in [-0.3, -0.25) is 23.4 Å². The summed E-state index contributed by atoms with van der Waals surface area (Å²) >= 11 is 0. The Bertz CT molecular complexity index is 2570. The quantitative estimate of drug-likeness (QED) is 0.0371. The lowest BCUT2D eigenvalue weighted by molar-refractivity contribution is -0.161. The second-order valence-corrected chi connectivity index (χ2v) is 29.2. The summed E-state index contributed by atoms with van der Waals surface area (Å²) < 4.78 is 34.8. The van der Waals surface area contributed by atoms with Gasteiger partial charge >= 0.3 is 19.8 Å². The van der Waals surface area contributed by atoms with Crippen LogP contribution in [0, 0.1) is 0 Å². The molecular weight excluding hydrogens is 1150 g/mol. The van der Waals surface area contributed by atoms with E-state index in [0.29, 0.717) is 25.7 Å². The smallest absolute Gasteiger partial charge is 0.462 e. The van der Waals surface area contributed by atoms with E-state index in [1.165, 1.54) is 181 Å². The van der Waals surface area contributed by atoms with Crippen LogP contribution in [0.4, 0.5) is 11.4 Å². The zero-order chi connectivity index (χ0) is 65.4. The molecule has 0 radical (unpaired) electrons. The van der Waals surface area contributed by atoms with Crippen molar-refractivity contribution in [2.75, 3.05) is 49.8 Å². The fourth-order valence-corrected chi connectivity index (χ4v) is 14.5. The van der Waals surface area contributed by atoms with Gasteiger partial charge in [-0.15, -0.1) is 0 Å². The van der Waals surface area contributed by atoms with Gasteiger partial charge in [0.2, 0.25) is 5.91 Å². The van der Waals surface area contributed by atoms with Crippen LogP contribution in [0.1, 0.15) is 303 Å². The number of hydrogen-bond donors (Lipinski definition) is 2. The topological polar surface area (TPSA) is 144 Å². The van der Waals surface area contributed by atoms with Crippen LogP contribution in [0.2, 0.25) is 0 Å². The molecule has 512 valence electrons. The Labute approximate surface area is 553 Å². The number of hydrogen-bond acceptors (Lipinski definition) is 10. The van der Waals surface area contributed by atoms with Gasteiger partial charge in [-0.1, -0.05) is 288 Å². The average molecular weight is 1280 g/mol. The largest absolute Gasteiger partial charge is 0.472 e. The normalized spacial score (nSPS) is 17.8. The third-order valence-electron chi connectivity index (χ3n) is 19.3. The van der Waals surface area contributed by atoms with Crippen LogP contribution in [0.15, 0.2) is 95.8 Å². The minimum Gasteiger partial charge on any atom is -0.462 e. The standard InChI is InChI=1S/C78H126N3O9P/c1-8-10-12-14-16-18-20-22-24-26-28-30-32-34-38-53-75(83)87-63-67(90-76(84)54-39-35-33-31-29-27-25-23-21-19-17-15-13-11-9-2)64-89-91(85,86)88-61-59-79-74(82)52-37-36-44-60-81-71-51-43-41-49-69(71)78(5,6)73(81)58-56-66-47-45-46-65(62-66)55-57-72-77(3,4)68-48-40-42-50-70(68)80(72)7/h40-43,48-51,55-58,62,67,73H,8-39,44-47,52-54,59-61,63-64H2,1-7H3,(H,79,82)(H,85,86)/b58-56+,65-55+,72-57+/t67-,73?/m1/s1. The van der Waals surface area contributed by atoms with Crippen molar-refractivity contribution in [3.8, 4) is 0 Å². The number of ether oxygens (including phenoxy) is 2. The maximum atomic E-state index is 13.1. The Balaban J connectivity index is 0.996. The monoisotopic (exact) mass is 1280 g/mol. The number of rotatable bonds is 51. The molecule has 0 fully saturated rings. The number of benzene rings is 2. The van der Waals surface area contributed by atoms with Crippen molar-refractivity contribution in [2.45, 2.75) is 315 Å². The second-order valence-electron chi connectivity index (χ2n) is 27.8. The summed E-state index contributed by atoms with van der Waals surface area (Å²) in [6, 6.07) is 17.7. The predicted octanol–water partition coefficient (Wildman–Crippen LogP) is 20.8. The summed E-state index contributed by atoms with van der Waals surface area (Å²) in [5, 5.41) is 2.81. The van der Waals surface area contributed by atoms with Crippen LogP contribution < -0.4 is 15.1 Å². The minimum atomic E-state index is -4.61. The first-order valence-corrected chi connectivity index (χ1v) is 38.3. The molecule has 12 nitrogen and oxygen atoms in total. The lowest BCUT2D eigenvalue weighted by atomic mass is 9.80. The van der Waals surface area contributed by atoms with Gasteiger partial charge in [0.15, 0.2) is 6.10 Å². The van der Waals surface area contributed by atoms with E-state index in [2.05, 4.69) is 143 Å². The Morgan fingerprint density at radius 3 is 1.66 bits per heavy atom. The Kier molecular flexibility index (Phi) is 37.5. The van der Waals surface area contributed by atoms with Gasteiger partial charge in [-0.2, -0.15) is 0 Å². The number of para-hydroxylation sites is 2. The fourth-order valence-electron chi connectivity index (χ4n) is 13.7. The van der Waals surface area contributed by atoms with Gasteiger partial charge in [0.05, 0.1) is 19.3 Å². The molecule has 0 saturated heterocycles. The number of carbonyl (C=O) groups excluding carboxylic acids is 3. The molecule has 1 amide bonds. The number of phosphoric acid groups is 1. The number of unbranched alkanes of at least 4 members (excludes halogenated alkanes) is 30. The molecule has 2 aromatic carbocycles. The third-order valence-corrected chi connectivity index (χ3v) is 20.3. The third kappa shape index (κ3) is 29.4. The fraction of sp³-hybridized carbons (Fsp3) is 0.705. The van der Waals surface area contributed by atoms with Gasteiger partial charge in [-0.05, 0) is 85.4 Å². The minimum absolute atomic E-state index is 0.0186. The van der Waals surface area contributed by atoms with Crippen molar-refractivity contribution in [1.82, 2.24) is 5.32 Å². The average Bonchev–Trinajstić information content (AvgIpc) is 1.72. The first-order valence-electron chi connectivity index (χ1n) is 36.8. The number of nitrogens with zero attached hydrogens (tertiary/aromatic N) is 2. The molecule has 2 heterocycles. The van der Waals surface area contributed by atoms with Crippen molar-refractivity contribution >= 4 is 37.0 Å². The molecular formula is C78H126N3O9P. The zero-order valence-corrected chi connectivity index (χ0v) is 59.2. The number of anilines is 2. The van der Waals surface area contributed by atoms with Gasteiger partial charge in [-0.25, -0.2) is 4.57 Å². The van der Waals surface area contributed by atoms with E-state index in [0.717, 1.165) is 77.2 Å². The molecule has 3 aliphatic rings. The molecule has 2 N–H and O–H groups in total. The number of amides is 1. The number of esters is 2. The molecule has 0 aromatic heterocycles. The van der Waals surface area contributed by atoms with E-state index < -0.39 is 32.5 Å². The van der Waals surface area contributed by atoms with Crippen LogP contribution >= 0.6 is 7.82 Å². The van der Waals surface area contributed by atoms with Crippen LogP contribution in [-0.4, -0.2) is 74.8 Å². The second kappa shape index (κ2) is 44.2. The number of carbonyl (C=O) groups is 3. The van der Waals surface area contributed by atoms with Crippen molar-refractivity contribution in [3.05, 3.63) is 107 Å². The van der Waals surface area contributed by atoms with Crippen LogP contribution in [0.3, 0.4) is 0 Å². The summed E-state index contributed by atoms with van der Waals surface area (Å²) in [4.78, 5) is 54.4. The molecule has 2 aromatic rings. The summed E-state index contributed by atoms with van der Waals surface area (Å²) in [5.74, 6) is -1.02. The first kappa shape index (κ1) is 77.2. The molecule has 1 aliphatic carbocycles. The van der Waals surface area contributed by atoms with Gasteiger partial charge in [0.25, 0.3) is 0 Å². The number of nitrogens with one attached hydrogen (secondary N) is 1. The van der Waals surface area contributed by atoms with Crippen LogP contribution in [0.5, 0.6) is 0 Å². The lowest BCUT2D eigenvalue weighted by Gasteiger charge is -2.32. The molecule has 2 aliphatic heterocycles. The van der Waals surface area contributed by atoms with Crippen molar-refractivity contribution < 1.29 is 42.4 Å². The number of likely N-dealkylation sites (N-methyl/N-ethyl adjacent to an activating group) is 1. The Hall–Kier alpha value is -4.48. The lowest BCUT2D eigenvalue weighted by Crippen LogP contribution is -2.40. The maximum absolute atomic E-state index is 13.1. The zero-order valence-electron chi connectivity index (χ0n) is 58.3. The Morgan fingerprint density at radius 2 is 1.10 bits per heavy atom. The molecule has 0 spiro atoms. The van der Waals surface area contributed by atoms with Crippen LogP contribution in [-0.2, 0) is 48.3 Å². The number of phosphoric ester groups is 1. The van der Waals surface area contributed by atoms with E-state index >= 15 is 0 Å². The van der Waals surface area contributed by atoms with E-state index in [1.54, 1.807) is 0 Å². The maximum Gasteiger partial charge on any atom is 0.472 e. The van der Waals surface area contributed by atoms with E-state index in [4.69, 9.17) is 18.5 Å². The molecule has 0 bridgehead atoms. The summed E-state index contributed by atoms with van der Waals surface area (Å²) in [7, 11) is -2.44. The molecule has 2 unspecified atom stereocenters. The Morgan fingerprint density at radius 1 is 0.604 bits per heavy atom. The highest BCUT2D eigenvalue weighted by Crippen LogP contribution is 2.48. The van der Waals surface area contributed by atoms with Gasteiger partial charge in [0, 0.05) is 67.3 Å². The predicted molar refractivity (Wildman–Crippen MR) is 379 cm³/mol. The highest BCUT2D eigenvalue weighted by atomic mass is 31.2. The number of allylic oxidation sites excluding steroid dienone is 7. The summed E-state index contributed by atoms with van der Waals surface area (Å²) in [6.07, 6.45) is 54.1. The van der Waals surface area contributed by atoms with Crippen molar-refractivity contribution in [1.29, 1.82) is 0 Å². The summed E-state index contributed by atoms with van der Waals surface area (Å²) in [5.41, 5.74) is 9.14. The molecule has 13 heteroatoms. The van der Waals surface area contributed by atoms with E-state index in [1.807, 2.05) is 0 Å². The summed E-state index contributed by atoms with van der Waals surface area (Å²) in [6.45, 7) is 13.7. The van der Waals surface area contributed by atoms with E-state index in [-0.39, 0.29) is 55.4 Å². The van der Waals surface area contributed by atoms with Crippen LogP contribution in [0.25, 0.3) is 0 Å². The molecule has 91 heavy (non-hydrogen) atoms.